The van der Waals surface area contributed by atoms with E-state index in [0.29, 0.717) is 31.2 Å². The SMILES string of the molecule is CC(C)C[C@@H](N)C(=O)N(C)CCOc1cccc(F)c1. The van der Waals surface area contributed by atoms with E-state index in [-0.39, 0.29) is 11.7 Å². The molecule has 1 amide bonds. The van der Waals surface area contributed by atoms with Crippen LogP contribution in [0, 0.1) is 11.7 Å². The zero-order chi connectivity index (χ0) is 15.1. The van der Waals surface area contributed by atoms with Crippen molar-refractivity contribution in [1.29, 1.82) is 0 Å². The average Bonchev–Trinajstić information content (AvgIpc) is 2.37. The van der Waals surface area contributed by atoms with Crippen LogP contribution < -0.4 is 10.5 Å². The summed E-state index contributed by atoms with van der Waals surface area (Å²) in [5.74, 6) is 0.399. The highest BCUT2D eigenvalue weighted by molar-refractivity contribution is 5.81. The summed E-state index contributed by atoms with van der Waals surface area (Å²) in [5.41, 5.74) is 5.84. The van der Waals surface area contributed by atoms with Crippen molar-refractivity contribution < 1.29 is 13.9 Å². The van der Waals surface area contributed by atoms with Crippen molar-refractivity contribution >= 4 is 5.91 Å². The van der Waals surface area contributed by atoms with Crippen molar-refractivity contribution in [2.75, 3.05) is 20.2 Å². The molecule has 1 rings (SSSR count). The molecule has 0 saturated heterocycles. The van der Waals surface area contributed by atoms with Crippen molar-refractivity contribution in [3.8, 4) is 5.75 Å². The molecule has 0 saturated carbocycles. The molecule has 0 spiro atoms. The van der Waals surface area contributed by atoms with E-state index in [9.17, 15) is 9.18 Å². The minimum atomic E-state index is -0.478. The third kappa shape index (κ3) is 5.57. The molecule has 0 aliphatic rings. The van der Waals surface area contributed by atoms with Crippen LogP contribution in [-0.4, -0.2) is 37.0 Å². The van der Waals surface area contributed by atoms with Crippen molar-refractivity contribution in [2.45, 2.75) is 26.3 Å². The molecule has 112 valence electrons. The molecule has 1 aromatic carbocycles. The van der Waals surface area contributed by atoms with Crippen LogP contribution >= 0.6 is 0 Å². The third-order valence-electron chi connectivity index (χ3n) is 2.91. The molecule has 0 aromatic heterocycles. The number of ether oxygens (including phenoxy) is 1. The third-order valence-corrected chi connectivity index (χ3v) is 2.91. The number of halogens is 1. The normalized spacial score (nSPS) is 12.3. The number of nitrogens with zero attached hydrogens (tertiary/aromatic N) is 1. The zero-order valence-electron chi connectivity index (χ0n) is 12.3. The Hall–Kier alpha value is -1.62. The molecule has 1 atom stereocenters. The van der Waals surface area contributed by atoms with Gasteiger partial charge in [-0.25, -0.2) is 4.39 Å². The summed E-state index contributed by atoms with van der Waals surface area (Å²) in [7, 11) is 1.69. The summed E-state index contributed by atoms with van der Waals surface area (Å²) in [4.78, 5) is 13.5. The number of hydrogen-bond acceptors (Lipinski definition) is 3. The van der Waals surface area contributed by atoms with E-state index < -0.39 is 6.04 Å². The van der Waals surface area contributed by atoms with Crippen LogP contribution in [0.15, 0.2) is 24.3 Å². The Morgan fingerprint density at radius 2 is 2.15 bits per heavy atom. The van der Waals surface area contributed by atoms with Crippen LogP contribution in [0.1, 0.15) is 20.3 Å². The van der Waals surface area contributed by atoms with E-state index in [0.717, 1.165) is 0 Å². The molecular formula is C15H23FN2O2. The van der Waals surface area contributed by atoms with Gasteiger partial charge in [-0.05, 0) is 24.5 Å². The second-order valence-electron chi connectivity index (χ2n) is 5.30. The van der Waals surface area contributed by atoms with Gasteiger partial charge in [0, 0.05) is 13.1 Å². The smallest absolute Gasteiger partial charge is 0.239 e. The van der Waals surface area contributed by atoms with Crippen LogP contribution in [0.3, 0.4) is 0 Å². The van der Waals surface area contributed by atoms with Crippen LogP contribution in [0.25, 0.3) is 0 Å². The number of carbonyl (C=O) groups is 1. The largest absolute Gasteiger partial charge is 0.492 e. The molecule has 5 heteroatoms. The molecule has 20 heavy (non-hydrogen) atoms. The Morgan fingerprint density at radius 1 is 1.45 bits per heavy atom. The predicted molar refractivity (Wildman–Crippen MR) is 77.0 cm³/mol. The summed E-state index contributed by atoms with van der Waals surface area (Å²) in [6.07, 6.45) is 0.661. The monoisotopic (exact) mass is 282 g/mol. The molecule has 0 aliphatic carbocycles. The Balaban J connectivity index is 2.35. The Bertz CT molecular complexity index is 438. The van der Waals surface area contributed by atoms with Gasteiger partial charge in [0.15, 0.2) is 0 Å². The lowest BCUT2D eigenvalue weighted by Gasteiger charge is -2.22. The highest BCUT2D eigenvalue weighted by atomic mass is 19.1. The van der Waals surface area contributed by atoms with Gasteiger partial charge in [0.25, 0.3) is 0 Å². The van der Waals surface area contributed by atoms with Crippen molar-refractivity contribution in [1.82, 2.24) is 4.90 Å². The van der Waals surface area contributed by atoms with Crippen molar-refractivity contribution in [3.63, 3.8) is 0 Å². The first-order valence-electron chi connectivity index (χ1n) is 6.79. The number of amides is 1. The maximum absolute atomic E-state index is 12.9. The van der Waals surface area contributed by atoms with Gasteiger partial charge in [-0.2, -0.15) is 0 Å². The second-order valence-corrected chi connectivity index (χ2v) is 5.30. The van der Waals surface area contributed by atoms with Gasteiger partial charge in [-0.15, -0.1) is 0 Å². The second kappa shape index (κ2) is 7.85. The van der Waals surface area contributed by atoms with Crippen molar-refractivity contribution in [3.05, 3.63) is 30.1 Å². The minimum absolute atomic E-state index is 0.0958. The minimum Gasteiger partial charge on any atom is -0.492 e. The van der Waals surface area contributed by atoms with Gasteiger partial charge in [0.1, 0.15) is 18.2 Å². The first-order valence-corrected chi connectivity index (χ1v) is 6.79. The topological polar surface area (TPSA) is 55.6 Å². The number of carbonyl (C=O) groups excluding carboxylic acids is 1. The molecule has 0 fully saturated rings. The first-order chi connectivity index (χ1) is 9.40. The molecule has 0 unspecified atom stereocenters. The Morgan fingerprint density at radius 3 is 2.75 bits per heavy atom. The molecule has 0 radical (unpaired) electrons. The van der Waals surface area contributed by atoms with Crippen LogP contribution in [-0.2, 0) is 4.79 Å². The van der Waals surface area contributed by atoms with Gasteiger partial charge in [0.2, 0.25) is 5.91 Å². The highest BCUT2D eigenvalue weighted by Crippen LogP contribution is 2.11. The zero-order valence-corrected chi connectivity index (χ0v) is 12.3. The van der Waals surface area contributed by atoms with Crippen LogP contribution in [0.4, 0.5) is 4.39 Å². The first kappa shape index (κ1) is 16.4. The molecule has 0 aliphatic heterocycles. The van der Waals surface area contributed by atoms with Gasteiger partial charge in [-0.3, -0.25) is 4.79 Å². The molecule has 0 heterocycles. The maximum atomic E-state index is 12.9. The highest BCUT2D eigenvalue weighted by Gasteiger charge is 2.18. The molecule has 1 aromatic rings. The number of benzene rings is 1. The standard InChI is InChI=1S/C15H23FN2O2/c1-11(2)9-14(17)15(19)18(3)7-8-20-13-6-4-5-12(16)10-13/h4-6,10-11,14H,7-9,17H2,1-3H3/t14-/m1/s1. The quantitative estimate of drug-likeness (QED) is 0.832. The Kier molecular flexibility index (Phi) is 6.45. The molecule has 2 N–H and O–H groups in total. The van der Waals surface area contributed by atoms with Gasteiger partial charge >= 0.3 is 0 Å². The molecule has 4 nitrogen and oxygen atoms in total. The van der Waals surface area contributed by atoms with E-state index in [4.69, 9.17) is 10.5 Å². The summed E-state index contributed by atoms with van der Waals surface area (Å²) >= 11 is 0. The average molecular weight is 282 g/mol. The number of hydrogen-bond donors (Lipinski definition) is 1. The van der Waals surface area contributed by atoms with E-state index in [1.165, 1.54) is 12.1 Å². The van der Waals surface area contributed by atoms with Crippen LogP contribution in [0.5, 0.6) is 5.75 Å². The van der Waals surface area contributed by atoms with Gasteiger partial charge < -0.3 is 15.4 Å². The fraction of sp³-hybridized carbons (Fsp3) is 0.533. The lowest BCUT2D eigenvalue weighted by Crippen LogP contribution is -2.43. The Labute approximate surface area is 119 Å². The van der Waals surface area contributed by atoms with E-state index in [2.05, 4.69) is 0 Å². The van der Waals surface area contributed by atoms with Gasteiger partial charge in [-0.1, -0.05) is 19.9 Å². The maximum Gasteiger partial charge on any atom is 0.239 e. The van der Waals surface area contributed by atoms with E-state index in [1.54, 1.807) is 24.1 Å². The van der Waals surface area contributed by atoms with E-state index >= 15 is 0 Å². The summed E-state index contributed by atoms with van der Waals surface area (Å²) in [6, 6.07) is 5.45. The van der Waals surface area contributed by atoms with E-state index in [1.807, 2.05) is 13.8 Å². The fourth-order valence-corrected chi connectivity index (χ4v) is 1.86. The van der Waals surface area contributed by atoms with Crippen LogP contribution in [0.2, 0.25) is 0 Å². The van der Waals surface area contributed by atoms with Crippen molar-refractivity contribution in [2.24, 2.45) is 11.7 Å². The number of likely N-dealkylation sites (N-methyl/N-ethyl adjacent to an activating group) is 1. The fourth-order valence-electron chi connectivity index (χ4n) is 1.86. The summed E-state index contributed by atoms with van der Waals surface area (Å²) in [6.45, 7) is 4.78. The predicted octanol–water partition coefficient (Wildman–Crippen LogP) is 2.04. The lowest BCUT2D eigenvalue weighted by atomic mass is 10.0. The van der Waals surface area contributed by atoms with Gasteiger partial charge in [0.05, 0.1) is 12.6 Å². The lowest BCUT2D eigenvalue weighted by molar-refractivity contribution is -0.131. The number of rotatable bonds is 7. The summed E-state index contributed by atoms with van der Waals surface area (Å²) in [5, 5.41) is 0. The molecular weight excluding hydrogens is 259 g/mol. The number of nitrogens with two attached hydrogens (primary N) is 1. The summed E-state index contributed by atoms with van der Waals surface area (Å²) < 4.78 is 18.3. The molecule has 0 bridgehead atoms.